The van der Waals surface area contributed by atoms with Gasteiger partial charge < -0.3 is 14.6 Å². The highest BCUT2D eigenvalue weighted by Gasteiger charge is 2.46. The number of ether oxygens (including phenoxy) is 2. The van der Waals surface area contributed by atoms with E-state index in [0.717, 1.165) is 11.1 Å². The molecule has 1 aliphatic heterocycles. The minimum atomic E-state index is -1.17. The third-order valence-corrected chi connectivity index (χ3v) is 4.51. The second kappa shape index (κ2) is 6.59. The number of rotatable bonds is 5. The predicted molar refractivity (Wildman–Crippen MR) is 91.9 cm³/mol. The first kappa shape index (κ1) is 17.0. The molecule has 0 bridgehead atoms. The van der Waals surface area contributed by atoms with Crippen LogP contribution in [0.15, 0.2) is 42.5 Å². The molecule has 1 atom stereocenters. The molecule has 0 amide bonds. The fourth-order valence-corrected chi connectivity index (χ4v) is 3.11. The number of aromatic hydroxyl groups is 1. The summed E-state index contributed by atoms with van der Waals surface area (Å²) < 4.78 is 10.7. The topological polar surface area (TPSA) is 72.8 Å². The summed E-state index contributed by atoms with van der Waals surface area (Å²) in [5.41, 5.74) is 1.18. The lowest BCUT2D eigenvalue weighted by Gasteiger charge is -2.27. The highest BCUT2D eigenvalue weighted by atomic mass is 16.5. The summed E-state index contributed by atoms with van der Waals surface area (Å²) in [4.78, 5) is 24.8. The van der Waals surface area contributed by atoms with E-state index in [0.29, 0.717) is 17.7 Å². The summed E-state index contributed by atoms with van der Waals surface area (Å²) in [5, 5.41) is 9.69. The van der Waals surface area contributed by atoms with E-state index >= 15 is 0 Å². The van der Waals surface area contributed by atoms with Crippen LogP contribution in [0.5, 0.6) is 11.5 Å². The molecule has 5 heteroatoms. The Hall–Kier alpha value is -2.82. The molecule has 0 aromatic heterocycles. The van der Waals surface area contributed by atoms with Crippen molar-refractivity contribution < 1.29 is 24.2 Å². The third kappa shape index (κ3) is 3.36. The van der Waals surface area contributed by atoms with Crippen LogP contribution in [0.3, 0.4) is 0 Å². The Morgan fingerprint density at radius 2 is 1.92 bits per heavy atom. The number of Topliss-reactive ketones (excluding diaryl/α,β-unsaturated/α-hetero) is 1. The lowest BCUT2D eigenvalue weighted by molar-refractivity contribution is -0.141. The first-order valence-corrected chi connectivity index (χ1v) is 8.13. The Kier molecular flexibility index (Phi) is 4.49. The molecular weight excluding hydrogens is 320 g/mol. The fraction of sp³-hybridized carbons (Fsp3) is 0.300. The minimum Gasteiger partial charge on any atom is -0.508 e. The summed E-state index contributed by atoms with van der Waals surface area (Å²) in [5.74, 6) is 0.114. The van der Waals surface area contributed by atoms with Gasteiger partial charge in [-0.1, -0.05) is 29.8 Å². The van der Waals surface area contributed by atoms with Gasteiger partial charge in [0.25, 0.3) is 0 Å². The van der Waals surface area contributed by atoms with E-state index < -0.39 is 11.6 Å². The fourth-order valence-electron chi connectivity index (χ4n) is 3.11. The van der Waals surface area contributed by atoms with Crippen molar-refractivity contribution in [2.75, 3.05) is 7.11 Å². The molecule has 1 N–H and O–H groups in total. The molecule has 0 saturated heterocycles. The van der Waals surface area contributed by atoms with Gasteiger partial charge in [0.1, 0.15) is 11.5 Å². The molecule has 0 saturated carbocycles. The smallest absolute Gasteiger partial charge is 0.305 e. The molecule has 2 aromatic rings. The van der Waals surface area contributed by atoms with Crippen LogP contribution in [-0.2, 0) is 16.0 Å². The number of carbonyl (C=O) groups is 2. The zero-order chi connectivity index (χ0) is 18.0. The van der Waals surface area contributed by atoms with E-state index in [9.17, 15) is 14.7 Å². The summed E-state index contributed by atoms with van der Waals surface area (Å²) in [6.07, 6.45) is 0.594. The zero-order valence-corrected chi connectivity index (χ0v) is 14.2. The number of aryl methyl sites for hydroxylation is 1. The molecule has 5 nitrogen and oxygen atoms in total. The summed E-state index contributed by atoms with van der Waals surface area (Å²) in [7, 11) is 1.32. The number of fused-ring (bicyclic) bond motifs is 1. The van der Waals surface area contributed by atoms with Crippen molar-refractivity contribution in [3.63, 3.8) is 0 Å². The minimum absolute atomic E-state index is 0.0775. The van der Waals surface area contributed by atoms with E-state index in [1.165, 1.54) is 13.2 Å². The monoisotopic (exact) mass is 340 g/mol. The average molecular weight is 340 g/mol. The summed E-state index contributed by atoms with van der Waals surface area (Å²) >= 11 is 0. The average Bonchev–Trinajstić information content (AvgIpc) is 2.98. The van der Waals surface area contributed by atoms with E-state index in [2.05, 4.69) is 0 Å². The van der Waals surface area contributed by atoms with Gasteiger partial charge in [-0.15, -0.1) is 0 Å². The summed E-state index contributed by atoms with van der Waals surface area (Å²) in [6.45, 7) is 1.95. The third-order valence-electron chi connectivity index (χ3n) is 4.51. The number of ketones is 1. The van der Waals surface area contributed by atoms with E-state index in [1.807, 2.05) is 19.1 Å². The van der Waals surface area contributed by atoms with Crippen molar-refractivity contribution in [2.24, 2.45) is 0 Å². The molecular formula is C20H20O5. The Bertz CT molecular complexity index is 809. The molecule has 0 spiro atoms. The predicted octanol–water partition coefficient (Wildman–Crippen LogP) is 3.21. The molecule has 0 aliphatic carbocycles. The van der Waals surface area contributed by atoms with Crippen molar-refractivity contribution in [3.05, 3.63) is 59.2 Å². The molecule has 3 rings (SSSR count). The van der Waals surface area contributed by atoms with Crippen LogP contribution in [0.1, 0.15) is 34.3 Å². The van der Waals surface area contributed by atoms with Crippen LogP contribution in [0.4, 0.5) is 0 Å². The van der Waals surface area contributed by atoms with Gasteiger partial charge in [0, 0.05) is 30.4 Å². The normalized spacial score (nSPS) is 18.3. The second-order valence-corrected chi connectivity index (χ2v) is 6.34. The van der Waals surface area contributed by atoms with Gasteiger partial charge >= 0.3 is 5.97 Å². The van der Waals surface area contributed by atoms with Crippen LogP contribution < -0.4 is 4.74 Å². The van der Waals surface area contributed by atoms with Gasteiger partial charge in [-0.25, -0.2) is 0 Å². The number of methoxy groups -OCH3 is 1. The number of carbonyl (C=O) groups excluding carboxylic acids is 2. The molecule has 0 fully saturated rings. The first-order valence-electron chi connectivity index (χ1n) is 8.13. The Morgan fingerprint density at radius 1 is 1.20 bits per heavy atom. The number of phenolic OH excluding ortho intramolecular Hbond substituents is 1. The zero-order valence-electron chi connectivity index (χ0n) is 14.2. The van der Waals surface area contributed by atoms with Gasteiger partial charge in [0.05, 0.1) is 7.11 Å². The SMILES string of the molecule is COC(=O)CCC1(C(=O)c2ccc(C)cc2)Cc2cc(O)ccc2O1. The standard InChI is InChI=1S/C20H20O5/c1-13-3-5-14(6-4-13)19(23)20(10-9-18(22)24-2)12-15-11-16(21)7-8-17(15)25-20/h3-8,11,21H,9-10,12H2,1-2H3. The maximum Gasteiger partial charge on any atom is 0.305 e. The highest BCUT2D eigenvalue weighted by molar-refractivity contribution is 6.03. The van der Waals surface area contributed by atoms with Gasteiger partial charge in [-0.3, -0.25) is 9.59 Å². The van der Waals surface area contributed by atoms with Gasteiger partial charge in [-0.2, -0.15) is 0 Å². The number of esters is 1. The van der Waals surface area contributed by atoms with Gasteiger partial charge in [0.2, 0.25) is 5.78 Å². The molecule has 130 valence electrons. The van der Waals surface area contributed by atoms with Crippen molar-refractivity contribution in [1.29, 1.82) is 0 Å². The lowest BCUT2D eigenvalue weighted by Crippen LogP contribution is -2.44. The maximum absolute atomic E-state index is 13.2. The van der Waals surface area contributed by atoms with Crippen LogP contribution >= 0.6 is 0 Å². The van der Waals surface area contributed by atoms with Crippen LogP contribution in [0, 0.1) is 6.92 Å². The number of hydrogen-bond acceptors (Lipinski definition) is 5. The van der Waals surface area contributed by atoms with Crippen molar-refractivity contribution in [2.45, 2.75) is 31.8 Å². The van der Waals surface area contributed by atoms with Crippen LogP contribution in [0.2, 0.25) is 0 Å². The Balaban J connectivity index is 1.94. The van der Waals surface area contributed by atoms with Gasteiger partial charge in [0.15, 0.2) is 5.60 Å². The Labute approximate surface area is 146 Å². The summed E-state index contributed by atoms with van der Waals surface area (Å²) in [6, 6.07) is 12.0. The molecule has 2 aromatic carbocycles. The molecule has 25 heavy (non-hydrogen) atoms. The first-order chi connectivity index (χ1) is 11.9. The van der Waals surface area contributed by atoms with E-state index in [1.54, 1.807) is 24.3 Å². The number of hydrogen-bond donors (Lipinski definition) is 1. The van der Waals surface area contributed by atoms with Crippen molar-refractivity contribution >= 4 is 11.8 Å². The number of benzene rings is 2. The second-order valence-electron chi connectivity index (χ2n) is 6.34. The number of phenols is 1. The van der Waals surface area contributed by atoms with E-state index in [4.69, 9.17) is 9.47 Å². The molecule has 1 aliphatic rings. The quantitative estimate of drug-likeness (QED) is 0.668. The molecule has 1 heterocycles. The van der Waals surface area contributed by atoms with Gasteiger partial charge in [-0.05, 0) is 25.1 Å². The molecule has 0 radical (unpaired) electrons. The lowest BCUT2D eigenvalue weighted by atomic mass is 9.84. The van der Waals surface area contributed by atoms with Crippen molar-refractivity contribution in [1.82, 2.24) is 0 Å². The van der Waals surface area contributed by atoms with E-state index in [-0.39, 0.29) is 24.4 Å². The van der Waals surface area contributed by atoms with Crippen LogP contribution in [0.25, 0.3) is 0 Å². The largest absolute Gasteiger partial charge is 0.508 e. The maximum atomic E-state index is 13.2. The Morgan fingerprint density at radius 3 is 2.60 bits per heavy atom. The highest BCUT2D eigenvalue weighted by Crippen LogP contribution is 2.41. The van der Waals surface area contributed by atoms with Crippen molar-refractivity contribution in [3.8, 4) is 11.5 Å². The molecule has 1 unspecified atom stereocenters. The van der Waals surface area contributed by atoms with Crippen LogP contribution in [-0.4, -0.2) is 29.6 Å².